The summed E-state index contributed by atoms with van der Waals surface area (Å²) in [5.74, 6) is 0.436. The minimum atomic E-state index is -1.60. The second-order valence-electron chi connectivity index (χ2n) is 4.68. The van der Waals surface area contributed by atoms with E-state index in [1.807, 2.05) is 6.07 Å². The van der Waals surface area contributed by atoms with Gasteiger partial charge in [0.1, 0.15) is 5.75 Å². The van der Waals surface area contributed by atoms with Crippen LogP contribution in [-0.4, -0.2) is 46.7 Å². The quantitative estimate of drug-likeness (QED) is 0.517. The zero-order chi connectivity index (χ0) is 13.3. The van der Waals surface area contributed by atoms with Crippen molar-refractivity contribution in [1.29, 1.82) is 0 Å². The molecule has 0 spiro atoms. The molecule has 0 bridgehead atoms. The summed E-state index contributed by atoms with van der Waals surface area (Å²) in [5, 5.41) is 37.6. The summed E-state index contributed by atoms with van der Waals surface area (Å²) >= 11 is 0. The molecular weight excluding hydrogens is 235 g/mol. The number of ether oxygens (including phenoxy) is 1. The second-order valence-corrected chi connectivity index (χ2v) is 4.68. The standard InChI is InChI=1S/C12H17BO5/c1-18-12-3-2-7(4-9(12)13(16)17)8-5-10(14)11(15)6-8/h2-4,8,10-11,14-17H,5-6H2,1H3/t8?,10-,11+. The van der Waals surface area contributed by atoms with Gasteiger partial charge in [-0.3, -0.25) is 0 Å². The molecule has 3 atom stereocenters. The molecule has 0 aromatic heterocycles. The highest BCUT2D eigenvalue weighted by Crippen LogP contribution is 2.34. The first kappa shape index (κ1) is 13.4. The molecule has 1 aromatic carbocycles. The fourth-order valence-electron chi connectivity index (χ4n) is 2.47. The van der Waals surface area contributed by atoms with Crippen LogP contribution in [0.3, 0.4) is 0 Å². The largest absolute Gasteiger partial charge is 0.497 e. The highest BCUT2D eigenvalue weighted by molar-refractivity contribution is 6.59. The van der Waals surface area contributed by atoms with Crippen LogP contribution in [0.5, 0.6) is 5.75 Å². The van der Waals surface area contributed by atoms with Gasteiger partial charge < -0.3 is 25.0 Å². The summed E-state index contributed by atoms with van der Waals surface area (Å²) in [6.07, 6.45) is -0.456. The van der Waals surface area contributed by atoms with E-state index >= 15 is 0 Å². The Labute approximate surface area is 106 Å². The van der Waals surface area contributed by atoms with Crippen LogP contribution >= 0.6 is 0 Å². The lowest BCUT2D eigenvalue weighted by Gasteiger charge is -2.14. The minimum absolute atomic E-state index is 0.0263. The predicted molar refractivity (Wildman–Crippen MR) is 66.8 cm³/mol. The molecule has 18 heavy (non-hydrogen) atoms. The van der Waals surface area contributed by atoms with Gasteiger partial charge in [-0.25, -0.2) is 0 Å². The summed E-state index contributed by atoms with van der Waals surface area (Å²) in [6.45, 7) is 0. The van der Waals surface area contributed by atoms with E-state index in [4.69, 9.17) is 4.74 Å². The number of hydrogen-bond donors (Lipinski definition) is 4. The lowest BCUT2D eigenvalue weighted by atomic mass is 9.77. The summed E-state index contributed by atoms with van der Waals surface area (Å²) in [4.78, 5) is 0. The lowest BCUT2D eigenvalue weighted by molar-refractivity contribution is 0.0438. The maximum absolute atomic E-state index is 9.54. The molecule has 0 amide bonds. The van der Waals surface area contributed by atoms with Gasteiger partial charge in [-0.15, -0.1) is 0 Å². The Morgan fingerprint density at radius 2 is 1.78 bits per heavy atom. The molecular formula is C12H17BO5. The predicted octanol–water partition coefficient (Wildman–Crippen LogP) is -1.03. The molecule has 6 heteroatoms. The van der Waals surface area contributed by atoms with Crippen LogP contribution in [-0.2, 0) is 0 Å². The number of aliphatic hydroxyl groups is 2. The summed E-state index contributed by atoms with van der Waals surface area (Å²) < 4.78 is 5.05. The van der Waals surface area contributed by atoms with Crippen LogP contribution in [0.25, 0.3) is 0 Å². The minimum Gasteiger partial charge on any atom is -0.497 e. The van der Waals surface area contributed by atoms with E-state index in [1.165, 1.54) is 7.11 Å². The van der Waals surface area contributed by atoms with Crippen LogP contribution in [0.2, 0.25) is 0 Å². The maximum Gasteiger partial charge on any atom is 0.492 e. The van der Waals surface area contributed by atoms with Crippen molar-refractivity contribution in [2.75, 3.05) is 7.11 Å². The molecule has 0 radical (unpaired) electrons. The van der Waals surface area contributed by atoms with Crippen molar-refractivity contribution < 1.29 is 25.0 Å². The monoisotopic (exact) mass is 252 g/mol. The van der Waals surface area contributed by atoms with Gasteiger partial charge >= 0.3 is 7.12 Å². The highest BCUT2D eigenvalue weighted by atomic mass is 16.5. The van der Waals surface area contributed by atoms with E-state index in [2.05, 4.69) is 0 Å². The van der Waals surface area contributed by atoms with Crippen molar-refractivity contribution in [2.45, 2.75) is 31.0 Å². The number of rotatable bonds is 3. The summed E-state index contributed by atoms with van der Waals surface area (Å²) in [7, 11) is -0.139. The lowest BCUT2D eigenvalue weighted by Crippen LogP contribution is -2.31. The van der Waals surface area contributed by atoms with Crippen LogP contribution in [0, 0.1) is 0 Å². The number of hydrogen-bond acceptors (Lipinski definition) is 5. The van der Waals surface area contributed by atoms with Gasteiger partial charge in [0.15, 0.2) is 0 Å². The first-order valence-corrected chi connectivity index (χ1v) is 5.93. The van der Waals surface area contributed by atoms with E-state index in [-0.39, 0.29) is 5.92 Å². The molecule has 1 saturated carbocycles. The smallest absolute Gasteiger partial charge is 0.492 e. The summed E-state index contributed by atoms with van der Waals surface area (Å²) in [5.41, 5.74) is 1.17. The molecule has 0 heterocycles. The van der Waals surface area contributed by atoms with E-state index in [9.17, 15) is 20.3 Å². The van der Waals surface area contributed by atoms with E-state index in [1.54, 1.807) is 12.1 Å². The van der Waals surface area contributed by atoms with E-state index in [0.29, 0.717) is 24.1 Å². The molecule has 1 aliphatic carbocycles. The maximum atomic E-state index is 9.54. The van der Waals surface area contributed by atoms with Gasteiger partial charge in [0.25, 0.3) is 0 Å². The Bertz CT molecular complexity index is 413. The molecule has 1 fully saturated rings. The van der Waals surface area contributed by atoms with Gasteiger partial charge in [0.2, 0.25) is 0 Å². The fourth-order valence-corrected chi connectivity index (χ4v) is 2.47. The molecule has 4 N–H and O–H groups in total. The van der Waals surface area contributed by atoms with Crippen molar-refractivity contribution in [3.63, 3.8) is 0 Å². The molecule has 1 aromatic rings. The Hall–Kier alpha value is -1.08. The molecule has 2 rings (SSSR count). The highest BCUT2D eigenvalue weighted by Gasteiger charge is 2.33. The Kier molecular flexibility index (Phi) is 3.92. The zero-order valence-corrected chi connectivity index (χ0v) is 10.2. The molecule has 1 unspecified atom stereocenters. The van der Waals surface area contributed by atoms with Gasteiger partial charge in [0, 0.05) is 5.46 Å². The van der Waals surface area contributed by atoms with E-state index < -0.39 is 19.3 Å². The van der Waals surface area contributed by atoms with Crippen LogP contribution in [0.15, 0.2) is 18.2 Å². The van der Waals surface area contributed by atoms with Gasteiger partial charge in [-0.1, -0.05) is 12.1 Å². The SMILES string of the molecule is COc1ccc(C2C[C@@H](O)[C@@H](O)C2)cc1B(O)O. The number of methoxy groups -OCH3 is 1. The van der Waals surface area contributed by atoms with Gasteiger partial charge in [-0.2, -0.15) is 0 Å². The fraction of sp³-hybridized carbons (Fsp3) is 0.500. The summed E-state index contributed by atoms with van der Waals surface area (Å²) in [6, 6.07) is 5.14. The zero-order valence-electron chi connectivity index (χ0n) is 10.2. The average Bonchev–Trinajstić information content (AvgIpc) is 2.68. The van der Waals surface area contributed by atoms with Crippen molar-refractivity contribution in [3.05, 3.63) is 23.8 Å². The van der Waals surface area contributed by atoms with E-state index in [0.717, 1.165) is 5.56 Å². The van der Waals surface area contributed by atoms with Crippen molar-refractivity contribution in [1.82, 2.24) is 0 Å². The molecule has 5 nitrogen and oxygen atoms in total. The molecule has 98 valence electrons. The average molecular weight is 252 g/mol. The number of benzene rings is 1. The number of aliphatic hydroxyl groups excluding tert-OH is 2. The Morgan fingerprint density at radius 1 is 1.17 bits per heavy atom. The normalized spacial score (nSPS) is 27.3. The first-order valence-electron chi connectivity index (χ1n) is 5.93. The molecule has 1 aliphatic rings. The first-order chi connectivity index (χ1) is 8.52. The van der Waals surface area contributed by atoms with Gasteiger partial charge in [0.05, 0.1) is 19.3 Å². The third kappa shape index (κ3) is 2.51. The molecule has 0 aliphatic heterocycles. The third-order valence-corrected chi connectivity index (χ3v) is 3.50. The van der Waals surface area contributed by atoms with Gasteiger partial charge in [-0.05, 0) is 30.4 Å². The third-order valence-electron chi connectivity index (χ3n) is 3.50. The van der Waals surface area contributed by atoms with Crippen LogP contribution in [0.4, 0.5) is 0 Å². The molecule has 0 saturated heterocycles. The Balaban J connectivity index is 2.27. The second kappa shape index (κ2) is 5.28. The van der Waals surface area contributed by atoms with Crippen LogP contribution < -0.4 is 10.2 Å². The van der Waals surface area contributed by atoms with Crippen molar-refractivity contribution in [2.24, 2.45) is 0 Å². The topological polar surface area (TPSA) is 90.2 Å². The van der Waals surface area contributed by atoms with Crippen molar-refractivity contribution >= 4 is 12.6 Å². The Morgan fingerprint density at radius 3 is 2.28 bits per heavy atom. The van der Waals surface area contributed by atoms with Crippen LogP contribution in [0.1, 0.15) is 24.3 Å². The van der Waals surface area contributed by atoms with Crippen molar-refractivity contribution in [3.8, 4) is 5.75 Å².